The molecule has 0 spiro atoms. The number of carbonyl (C=O) groups is 1. The number of unbranched alkanes of at least 4 members (excludes halogenated alkanes) is 9. The van der Waals surface area contributed by atoms with Crippen LogP contribution in [-0.4, -0.2) is 17.4 Å². The molecule has 0 saturated heterocycles. The molecular formula is C17H34O3. The summed E-state index contributed by atoms with van der Waals surface area (Å²) in [4.78, 5) is 10.7. The minimum Gasteiger partial charge on any atom is -0.450 e. The van der Waals surface area contributed by atoms with Gasteiger partial charge < -0.3 is 9.84 Å². The lowest BCUT2D eigenvalue weighted by atomic mass is 10.0. The van der Waals surface area contributed by atoms with E-state index in [-0.39, 0.29) is 6.10 Å². The van der Waals surface area contributed by atoms with E-state index in [1.54, 1.807) is 0 Å². The third-order valence-electron chi connectivity index (χ3n) is 3.78. The minimum absolute atomic E-state index is 0.0841. The van der Waals surface area contributed by atoms with Crippen LogP contribution in [0.4, 0.5) is 4.79 Å². The van der Waals surface area contributed by atoms with E-state index < -0.39 is 6.16 Å². The second-order valence-corrected chi connectivity index (χ2v) is 5.77. The summed E-state index contributed by atoms with van der Waals surface area (Å²) >= 11 is 0. The van der Waals surface area contributed by atoms with Gasteiger partial charge in [0.25, 0.3) is 0 Å². The van der Waals surface area contributed by atoms with Crippen molar-refractivity contribution in [3.05, 3.63) is 0 Å². The van der Waals surface area contributed by atoms with Gasteiger partial charge in [-0.05, 0) is 25.7 Å². The van der Waals surface area contributed by atoms with Crippen molar-refractivity contribution in [2.24, 2.45) is 0 Å². The lowest BCUT2D eigenvalue weighted by molar-refractivity contribution is 0.0423. The molecule has 0 fully saturated rings. The molecule has 3 nitrogen and oxygen atoms in total. The molecule has 0 amide bonds. The van der Waals surface area contributed by atoms with Crippen LogP contribution in [0.15, 0.2) is 0 Å². The summed E-state index contributed by atoms with van der Waals surface area (Å²) in [7, 11) is 0. The Hall–Kier alpha value is -0.730. The molecule has 1 unspecified atom stereocenters. The predicted molar refractivity (Wildman–Crippen MR) is 84.3 cm³/mol. The average molecular weight is 286 g/mol. The van der Waals surface area contributed by atoms with Gasteiger partial charge in [-0.2, -0.15) is 0 Å². The molecule has 3 heteroatoms. The van der Waals surface area contributed by atoms with Gasteiger partial charge in [-0.15, -0.1) is 0 Å². The highest BCUT2D eigenvalue weighted by molar-refractivity contribution is 5.57. The standard InChI is InChI=1S/C17H34O3/c1-3-5-7-8-9-10-11-13-15-16(20-17(18)19)14-12-6-4-2/h16H,3-15H2,1-2H3,(H,18,19). The summed E-state index contributed by atoms with van der Waals surface area (Å²) in [6.45, 7) is 4.40. The van der Waals surface area contributed by atoms with Gasteiger partial charge in [0, 0.05) is 0 Å². The van der Waals surface area contributed by atoms with Gasteiger partial charge in [-0.1, -0.05) is 71.6 Å². The van der Waals surface area contributed by atoms with Crippen LogP contribution in [0.2, 0.25) is 0 Å². The fourth-order valence-corrected chi connectivity index (χ4v) is 2.53. The van der Waals surface area contributed by atoms with Crippen molar-refractivity contribution in [2.75, 3.05) is 0 Å². The molecule has 20 heavy (non-hydrogen) atoms. The van der Waals surface area contributed by atoms with Crippen LogP contribution in [0.3, 0.4) is 0 Å². The second-order valence-electron chi connectivity index (χ2n) is 5.77. The summed E-state index contributed by atoms with van der Waals surface area (Å²) in [6.07, 6.45) is 14.2. The molecule has 0 bridgehead atoms. The molecular weight excluding hydrogens is 252 g/mol. The van der Waals surface area contributed by atoms with E-state index in [1.807, 2.05) is 0 Å². The van der Waals surface area contributed by atoms with E-state index in [4.69, 9.17) is 9.84 Å². The molecule has 0 aliphatic rings. The Labute approximate surface area is 125 Å². The zero-order valence-corrected chi connectivity index (χ0v) is 13.5. The summed E-state index contributed by atoms with van der Waals surface area (Å²) in [5.74, 6) is 0. The van der Waals surface area contributed by atoms with Crippen LogP contribution in [0, 0.1) is 0 Å². The Bertz CT molecular complexity index is 216. The van der Waals surface area contributed by atoms with Gasteiger partial charge in [0.15, 0.2) is 0 Å². The van der Waals surface area contributed by atoms with Crippen LogP contribution >= 0.6 is 0 Å². The molecule has 0 aromatic rings. The highest BCUT2D eigenvalue weighted by Crippen LogP contribution is 2.16. The normalized spacial score (nSPS) is 12.3. The fraction of sp³-hybridized carbons (Fsp3) is 0.941. The third-order valence-corrected chi connectivity index (χ3v) is 3.78. The number of ether oxygens (including phenoxy) is 1. The first-order valence-corrected chi connectivity index (χ1v) is 8.60. The minimum atomic E-state index is -1.12. The number of hydrogen-bond donors (Lipinski definition) is 1. The largest absolute Gasteiger partial charge is 0.506 e. The Morgan fingerprint density at radius 1 is 0.800 bits per heavy atom. The molecule has 120 valence electrons. The van der Waals surface area contributed by atoms with Crippen molar-refractivity contribution in [1.29, 1.82) is 0 Å². The predicted octanol–water partition coefficient (Wildman–Crippen LogP) is 6.16. The average Bonchev–Trinajstić information content (AvgIpc) is 2.41. The molecule has 0 aromatic heterocycles. The summed E-state index contributed by atoms with van der Waals surface area (Å²) < 4.78 is 4.97. The fourth-order valence-electron chi connectivity index (χ4n) is 2.53. The number of carboxylic acid groups (broad SMARTS) is 1. The van der Waals surface area contributed by atoms with E-state index in [2.05, 4.69) is 13.8 Å². The molecule has 1 N–H and O–H groups in total. The monoisotopic (exact) mass is 286 g/mol. The van der Waals surface area contributed by atoms with Gasteiger partial charge in [-0.3, -0.25) is 0 Å². The van der Waals surface area contributed by atoms with Crippen molar-refractivity contribution in [3.63, 3.8) is 0 Å². The van der Waals surface area contributed by atoms with Gasteiger partial charge in [0.1, 0.15) is 6.10 Å². The van der Waals surface area contributed by atoms with E-state index in [0.29, 0.717) is 0 Å². The maximum atomic E-state index is 10.7. The second kappa shape index (κ2) is 14.7. The molecule has 1 atom stereocenters. The summed E-state index contributed by atoms with van der Waals surface area (Å²) in [5, 5.41) is 8.74. The van der Waals surface area contributed by atoms with E-state index in [9.17, 15) is 4.79 Å². The van der Waals surface area contributed by atoms with Crippen LogP contribution in [0.1, 0.15) is 97.3 Å². The maximum Gasteiger partial charge on any atom is 0.506 e. The Morgan fingerprint density at radius 2 is 1.20 bits per heavy atom. The summed E-state index contributed by atoms with van der Waals surface area (Å²) in [5.41, 5.74) is 0. The highest BCUT2D eigenvalue weighted by atomic mass is 16.7. The number of hydrogen-bond acceptors (Lipinski definition) is 2. The molecule has 0 radical (unpaired) electrons. The van der Waals surface area contributed by atoms with Crippen molar-refractivity contribution in [2.45, 2.75) is 103 Å². The highest BCUT2D eigenvalue weighted by Gasteiger charge is 2.12. The lowest BCUT2D eigenvalue weighted by Crippen LogP contribution is -2.16. The summed E-state index contributed by atoms with van der Waals surface area (Å²) in [6, 6.07) is 0. The lowest BCUT2D eigenvalue weighted by Gasteiger charge is -2.15. The molecule has 0 rings (SSSR count). The van der Waals surface area contributed by atoms with E-state index in [0.717, 1.165) is 38.5 Å². The van der Waals surface area contributed by atoms with Gasteiger partial charge in [-0.25, -0.2) is 4.79 Å². The first-order chi connectivity index (χ1) is 9.70. The Balaban J connectivity index is 3.54. The van der Waals surface area contributed by atoms with Crippen molar-refractivity contribution >= 4 is 6.16 Å². The third kappa shape index (κ3) is 13.7. The van der Waals surface area contributed by atoms with E-state index in [1.165, 1.54) is 44.9 Å². The van der Waals surface area contributed by atoms with Crippen LogP contribution < -0.4 is 0 Å². The zero-order valence-electron chi connectivity index (χ0n) is 13.5. The maximum absolute atomic E-state index is 10.7. The Kier molecular flexibility index (Phi) is 14.1. The Morgan fingerprint density at radius 3 is 1.70 bits per heavy atom. The van der Waals surface area contributed by atoms with Crippen molar-refractivity contribution in [1.82, 2.24) is 0 Å². The SMILES string of the molecule is CCCCCCCCCCC(CCCCC)OC(=O)O. The van der Waals surface area contributed by atoms with E-state index >= 15 is 0 Å². The smallest absolute Gasteiger partial charge is 0.450 e. The van der Waals surface area contributed by atoms with Crippen LogP contribution in [0.5, 0.6) is 0 Å². The molecule has 0 saturated carbocycles. The molecule has 0 aliphatic carbocycles. The quantitative estimate of drug-likeness (QED) is 0.307. The van der Waals surface area contributed by atoms with Gasteiger partial charge >= 0.3 is 6.16 Å². The molecule has 0 heterocycles. The van der Waals surface area contributed by atoms with Gasteiger partial charge in [0.2, 0.25) is 0 Å². The molecule has 0 aromatic carbocycles. The molecule has 0 aliphatic heterocycles. The van der Waals surface area contributed by atoms with Gasteiger partial charge in [0.05, 0.1) is 0 Å². The first kappa shape index (κ1) is 19.3. The first-order valence-electron chi connectivity index (χ1n) is 8.60. The van der Waals surface area contributed by atoms with Crippen LogP contribution in [-0.2, 0) is 4.74 Å². The number of rotatable bonds is 14. The van der Waals surface area contributed by atoms with Crippen molar-refractivity contribution in [3.8, 4) is 0 Å². The van der Waals surface area contributed by atoms with Crippen LogP contribution in [0.25, 0.3) is 0 Å². The zero-order chi connectivity index (χ0) is 15.1. The topological polar surface area (TPSA) is 46.5 Å². The van der Waals surface area contributed by atoms with Crippen molar-refractivity contribution < 1.29 is 14.6 Å².